The number of rotatable bonds is 3. The van der Waals surface area contributed by atoms with E-state index in [4.69, 9.17) is 4.74 Å². The summed E-state index contributed by atoms with van der Waals surface area (Å²) in [7, 11) is 0. The van der Waals surface area contributed by atoms with Gasteiger partial charge in [0.1, 0.15) is 18.5 Å². The maximum atomic E-state index is 14.1. The molecular weight excluding hydrogens is 387 g/mol. The van der Waals surface area contributed by atoms with Crippen molar-refractivity contribution in [2.24, 2.45) is 0 Å². The maximum Gasteiger partial charge on any atom is 0.410 e. The highest BCUT2D eigenvalue weighted by atomic mass is 19.1. The van der Waals surface area contributed by atoms with Gasteiger partial charge in [0, 0.05) is 49.4 Å². The Balaban J connectivity index is 1.17. The number of nitrogens with one attached hydrogen (secondary N) is 2. The Morgan fingerprint density at radius 3 is 2.97 bits per heavy atom. The molecule has 5 rings (SSSR count). The van der Waals surface area contributed by atoms with Gasteiger partial charge in [-0.3, -0.25) is 14.6 Å². The van der Waals surface area contributed by atoms with Crippen molar-refractivity contribution in [2.45, 2.75) is 63.2 Å². The monoisotopic (exact) mass is 416 g/mol. The van der Waals surface area contributed by atoms with E-state index < -0.39 is 6.04 Å². The molecule has 4 aliphatic rings. The summed E-state index contributed by atoms with van der Waals surface area (Å²) in [6.07, 6.45) is 4.28. The summed E-state index contributed by atoms with van der Waals surface area (Å²) in [5, 5.41) is 6.44. The van der Waals surface area contributed by atoms with Gasteiger partial charge < -0.3 is 15.4 Å². The number of benzene rings is 1. The quantitative estimate of drug-likeness (QED) is 0.789. The largest absolute Gasteiger partial charge is 0.447 e. The smallest absolute Gasteiger partial charge is 0.410 e. The summed E-state index contributed by atoms with van der Waals surface area (Å²) < 4.78 is 19.3. The van der Waals surface area contributed by atoms with Crippen molar-refractivity contribution >= 4 is 17.7 Å². The van der Waals surface area contributed by atoms with Crippen LogP contribution in [0.15, 0.2) is 12.1 Å². The molecule has 3 fully saturated rings. The van der Waals surface area contributed by atoms with E-state index in [9.17, 15) is 14.0 Å². The number of ether oxygens (including phenoxy) is 1. The van der Waals surface area contributed by atoms with Crippen LogP contribution in [0.3, 0.4) is 0 Å². The fraction of sp³-hybridized carbons (Fsp3) is 0.636. The molecule has 8 heteroatoms. The number of aryl methyl sites for hydroxylation is 1. The standard InChI is InChI=1S/C22H29FN4O3/c1-13-5-6-18(23)17-10-19(25-20(13)17)21(28)24-14-3-2-4-15(9-14)26-7-8-27-16(11-26)12-30-22(27)29/h5-6,14-16,19,25H,2-4,7-12H2,1H3,(H,24,28)/t14-,15-,16-,19?/m1/s1. The fourth-order valence-corrected chi connectivity index (χ4v) is 5.50. The van der Waals surface area contributed by atoms with E-state index in [0.717, 1.165) is 50.0 Å². The number of halogens is 1. The molecule has 1 aromatic carbocycles. The summed E-state index contributed by atoms with van der Waals surface area (Å²) in [5.41, 5.74) is 2.35. The minimum absolute atomic E-state index is 0.0461. The molecule has 1 saturated carbocycles. The number of fused-ring (bicyclic) bond motifs is 2. The first kappa shape index (κ1) is 19.6. The van der Waals surface area contributed by atoms with Crippen molar-refractivity contribution in [3.63, 3.8) is 0 Å². The first-order chi connectivity index (χ1) is 14.5. The van der Waals surface area contributed by atoms with E-state index in [2.05, 4.69) is 15.5 Å². The van der Waals surface area contributed by atoms with Crippen molar-refractivity contribution in [1.29, 1.82) is 0 Å². The molecule has 0 aromatic heterocycles. The predicted octanol–water partition coefficient (Wildman–Crippen LogP) is 2.03. The molecule has 2 saturated heterocycles. The SMILES string of the molecule is Cc1ccc(F)c2c1NC(C(=O)N[C@@H]1CCC[C@@H](N3CCN4C(=O)OC[C@H]4C3)C1)C2. The van der Waals surface area contributed by atoms with E-state index in [1.807, 2.05) is 11.8 Å². The molecule has 4 atom stereocenters. The molecule has 0 bridgehead atoms. The molecule has 2 N–H and O–H groups in total. The lowest BCUT2D eigenvalue weighted by molar-refractivity contribution is -0.122. The number of anilines is 1. The van der Waals surface area contributed by atoms with Crippen LogP contribution in [0.4, 0.5) is 14.9 Å². The fourth-order valence-electron chi connectivity index (χ4n) is 5.50. The van der Waals surface area contributed by atoms with E-state index in [1.54, 1.807) is 6.07 Å². The lowest BCUT2D eigenvalue weighted by Crippen LogP contribution is -2.57. The molecule has 0 radical (unpaired) electrons. The second-order valence-electron chi connectivity index (χ2n) is 9.06. The van der Waals surface area contributed by atoms with Crippen LogP contribution in [0.2, 0.25) is 0 Å². The first-order valence-corrected chi connectivity index (χ1v) is 11.0. The van der Waals surface area contributed by atoms with Gasteiger partial charge in [0.05, 0.1) is 6.04 Å². The summed E-state index contributed by atoms with van der Waals surface area (Å²) >= 11 is 0. The van der Waals surface area contributed by atoms with Gasteiger partial charge in [-0.15, -0.1) is 0 Å². The normalized spacial score (nSPS) is 31.0. The Morgan fingerprint density at radius 2 is 2.13 bits per heavy atom. The molecule has 7 nitrogen and oxygen atoms in total. The number of cyclic esters (lactones) is 1. The molecular formula is C22H29FN4O3. The van der Waals surface area contributed by atoms with Gasteiger partial charge in [0.2, 0.25) is 5.91 Å². The van der Waals surface area contributed by atoms with Gasteiger partial charge in [0.15, 0.2) is 0 Å². The third-order valence-electron chi connectivity index (χ3n) is 7.16. The lowest BCUT2D eigenvalue weighted by Gasteiger charge is -2.43. The zero-order valence-corrected chi connectivity index (χ0v) is 17.3. The Bertz CT molecular complexity index is 832. The molecule has 30 heavy (non-hydrogen) atoms. The van der Waals surface area contributed by atoms with Crippen LogP contribution >= 0.6 is 0 Å². The van der Waals surface area contributed by atoms with Crippen molar-refractivity contribution < 1.29 is 18.7 Å². The third-order valence-corrected chi connectivity index (χ3v) is 7.16. The number of carbonyl (C=O) groups excluding carboxylic acids is 2. The van der Waals surface area contributed by atoms with E-state index in [-0.39, 0.29) is 29.9 Å². The van der Waals surface area contributed by atoms with Crippen LogP contribution in [-0.4, -0.2) is 72.2 Å². The highest BCUT2D eigenvalue weighted by Gasteiger charge is 2.40. The van der Waals surface area contributed by atoms with Gasteiger partial charge in [-0.05, 0) is 44.2 Å². The summed E-state index contributed by atoms with van der Waals surface area (Å²) in [6, 6.07) is 3.50. The van der Waals surface area contributed by atoms with Gasteiger partial charge in [-0.25, -0.2) is 9.18 Å². The average Bonchev–Trinajstić information content (AvgIpc) is 3.36. The summed E-state index contributed by atoms with van der Waals surface area (Å²) in [4.78, 5) is 28.9. The minimum Gasteiger partial charge on any atom is -0.447 e. The van der Waals surface area contributed by atoms with Crippen molar-refractivity contribution in [3.05, 3.63) is 29.1 Å². The lowest BCUT2D eigenvalue weighted by atomic mass is 9.89. The predicted molar refractivity (Wildman–Crippen MR) is 110 cm³/mol. The van der Waals surface area contributed by atoms with Crippen LogP contribution in [0.5, 0.6) is 0 Å². The summed E-state index contributed by atoms with van der Waals surface area (Å²) in [5.74, 6) is -0.292. The Hall–Kier alpha value is -2.35. The molecule has 1 unspecified atom stereocenters. The van der Waals surface area contributed by atoms with Crippen LogP contribution in [0, 0.1) is 12.7 Å². The van der Waals surface area contributed by atoms with Crippen LogP contribution < -0.4 is 10.6 Å². The summed E-state index contributed by atoms with van der Waals surface area (Å²) in [6.45, 7) is 4.82. The zero-order chi connectivity index (χ0) is 20.8. The Kier molecular flexibility index (Phi) is 5.05. The van der Waals surface area contributed by atoms with Gasteiger partial charge in [0.25, 0.3) is 0 Å². The number of carbonyl (C=O) groups is 2. The number of hydrogen-bond acceptors (Lipinski definition) is 5. The van der Waals surface area contributed by atoms with E-state index in [1.165, 1.54) is 6.07 Å². The van der Waals surface area contributed by atoms with Gasteiger partial charge >= 0.3 is 6.09 Å². The number of piperazine rings is 1. The Labute approximate surface area is 175 Å². The molecule has 0 spiro atoms. The maximum absolute atomic E-state index is 14.1. The van der Waals surface area contributed by atoms with Crippen molar-refractivity contribution in [2.75, 3.05) is 31.6 Å². The second-order valence-corrected chi connectivity index (χ2v) is 9.06. The highest BCUT2D eigenvalue weighted by molar-refractivity contribution is 5.88. The van der Waals surface area contributed by atoms with Crippen LogP contribution in [0.1, 0.15) is 36.8 Å². The van der Waals surface area contributed by atoms with Crippen LogP contribution in [0.25, 0.3) is 0 Å². The average molecular weight is 416 g/mol. The van der Waals surface area contributed by atoms with Crippen LogP contribution in [-0.2, 0) is 16.0 Å². The topological polar surface area (TPSA) is 73.9 Å². The number of amides is 2. The number of hydrogen-bond donors (Lipinski definition) is 2. The zero-order valence-electron chi connectivity index (χ0n) is 17.3. The minimum atomic E-state index is -0.416. The molecule has 162 valence electrons. The van der Waals surface area contributed by atoms with E-state index in [0.29, 0.717) is 31.2 Å². The molecule has 3 aliphatic heterocycles. The van der Waals surface area contributed by atoms with Gasteiger partial charge in [-0.2, -0.15) is 0 Å². The number of nitrogens with zero attached hydrogens (tertiary/aromatic N) is 2. The molecule has 1 aliphatic carbocycles. The van der Waals surface area contributed by atoms with E-state index >= 15 is 0 Å². The Morgan fingerprint density at radius 1 is 1.27 bits per heavy atom. The van der Waals surface area contributed by atoms with Gasteiger partial charge in [-0.1, -0.05) is 6.07 Å². The molecule has 3 heterocycles. The van der Waals surface area contributed by atoms with Crippen molar-refractivity contribution in [1.82, 2.24) is 15.1 Å². The third kappa shape index (κ3) is 3.51. The molecule has 2 amide bonds. The van der Waals surface area contributed by atoms with Crippen molar-refractivity contribution in [3.8, 4) is 0 Å². The molecule has 1 aromatic rings. The first-order valence-electron chi connectivity index (χ1n) is 11.0. The highest BCUT2D eigenvalue weighted by Crippen LogP contribution is 2.32. The second kappa shape index (κ2) is 7.72.